The van der Waals surface area contributed by atoms with Crippen LogP contribution < -0.4 is 9.80 Å². The number of fused-ring (bicyclic) bond motifs is 1. The van der Waals surface area contributed by atoms with Gasteiger partial charge in [-0.2, -0.15) is 0 Å². The lowest BCUT2D eigenvalue weighted by Gasteiger charge is -2.21. The minimum atomic E-state index is 0.0202. The summed E-state index contributed by atoms with van der Waals surface area (Å²) in [6, 6.07) is 10.2. The van der Waals surface area contributed by atoms with E-state index >= 15 is 0 Å². The van der Waals surface area contributed by atoms with E-state index in [1.54, 1.807) is 11.3 Å². The summed E-state index contributed by atoms with van der Waals surface area (Å²) in [7, 11) is 4.20. The number of hydrogen-bond acceptors (Lipinski definition) is 3. The third-order valence-electron chi connectivity index (χ3n) is 5.06. The molecule has 0 saturated heterocycles. The van der Waals surface area contributed by atoms with Gasteiger partial charge < -0.3 is 4.90 Å². The molecule has 4 nitrogen and oxygen atoms in total. The van der Waals surface area contributed by atoms with E-state index in [4.69, 9.17) is 4.98 Å². The first-order chi connectivity index (χ1) is 12.8. The van der Waals surface area contributed by atoms with E-state index in [2.05, 4.69) is 47.0 Å². The van der Waals surface area contributed by atoms with Crippen LogP contribution in [0.25, 0.3) is 10.2 Å². The van der Waals surface area contributed by atoms with Crippen molar-refractivity contribution in [3.63, 3.8) is 0 Å². The Hall–Kier alpha value is -2.24. The molecule has 2 aromatic carbocycles. The molecule has 0 unspecified atom stereocenters. The van der Waals surface area contributed by atoms with Gasteiger partial charge in [0.05, 0.1) is 37.4 Å². The zero-order valence-electron chi connectivity index (χ0n) is 17.0. The van der Waals surface area contributed by atoms with Gasteiger partial charge in [-0.3, -0.25) is 9.69 Å². The molecule has 0 aliphatic carbocycles. The van der Waals surface area contributed by atoms with Gasteiger partial charge in [0.2, 0.25) is 0 Å². The molecule has 3 aromatic rings. The maximum absolute atomic E-state index is 13.3. The molecule has 1 aromatic heterocycles. The number of rotatable bonds is 5. The van der Waals surface area contributed by atoms with Crippen molar-refractivity contribution in [1.82, 2.24) is 4.98 Å². The van der Waals surface area contributed by atoms with Crippen LogP contribution in [0.4, 0.5) is 5.13 Å². The van der Waals surface area contributed by atoms with Crippen LogP contribution in [0.15, 0.2) is 30.3 Å². The second-order valence-corrected chi connectivity index (χ2v) is 8.62. The third kappa shape index (κ3) is 4.20. The normalized spacial score (nSPS) is 11.4. The second-order valence-electron chi connectivity index (χ2n) is 7.61. The average Bonchev–Trinajstić information content (AvgIpc) is 2.99. The van der Waals surface area contributed by atoms with Crippen LogP contribution >= 0.6 is 11.3 Å². The molecule has 0 spiro atoms. The second kappa shape index (κ2) is 7.79. The third-order valence-corrected chi connectivity index (χ3v) is 6.10. The molecule has 0 aliphatic heterocycles. The van der Waals surface area contributed by atoms with E-state index in [1.165, 1.54) is 21.6 Å². The van der Waals surface area contributed by atoms with Gasteiger partial charge in [0, 0.05) is 5.56 Å². The Labute approximate surface area is 165 Å². The van der Waals surface area contributed by atoms with Gasteiger partial charge in [-0.1, -0.05) is 17.4 Å². The number of hydrogen-bond donors (Lipinski definition) is 1. The smallest absolute Gasteiger partial charge is 0.260 e. The molecule has 0 bridgehead atoms. The van der Waals surface area contributed by atoms with E-state index in [1.807, 2.05) is 30.0 Å². The summed E-state index contributed by atoms with van der Waals surface area (Å²) in [6.07, 6.45) is 0. The highest BCUT2D eigenvalue weighted by Gasteiger charge is 2.22. The van der Waals surface area contributed by atoms with Gasteiger partial charge >= 0.3 is 0 Å². The molecule has 142 valence electrons. The Kier molecular flexibility index (Phi) is 5.63. The van der Waals surface area contributed by atoms with Gasteiger partial charge in [-0.25, -0.2) is 4.98 Å². The van der Waals surface area contributed by atoms with Crippen molar-refractivity contribution >= 4 is 32.6 Å². The van der Waals surface area contributed by atoms with Crippen LogP contribution in [0.3, 0.4) is 0 Å². The number of carbonyl (C=O) groups excluding carboxylic acids is 1. The van der Waals surface area contributed by atoms with Crippen molar-refractivity contribution in [2.75, 3.05) is 32.1 Å². The Balaban J connectivity index is 2.02. The number of nitrogens with one attached hydrogen (secondary N) is 1. The van der Waals surface area contributed by atoms with E-state index in [0.29, 0.717) is 6.54 Å². The number of carbonyl (C=O) groups is 1. The Morgan fingerprint density at radius 1 is 1.00 bits per heavy atom. The SMILES string of the molecule is Cc1ccc(C(=O)N(CC[NH+](C)C)c2nc3cc(C)c(C)cc3s2)cc1C. The predicted octanol–water partition coefficient (Wildman–Crippen LogP) is 3.32. The maximum Gasteiger partial charge on any atom is 0.260 e. The number of amides is 1. The molecule has 0 radical (unpaired) electrons. The number of benzene rings is 2. The van der Waals surface area contributed by atoms with Gasteiger partial charge in [0.1, 0.15) is 0 Å². The fourth-order valence-electron chi connectivity index (χ4n) is 2.93. The monoisotopic (exact) mass is 382 g/mol. The summed E-state index contributed by atoms with van der Waals surface area (Å²) in [4.78, 5) is 21.3. The van der Waals surface area contributed by atoms with E-state index in [9.17, 15) is 4.79 Å². The van der Waals surface area contributed by atoms with Crippen molar-refractivity contribution in [3.05, 3.63) is 58.1 Å². The lowest BCUT2D eigenvalue weighted by atomic mass is 10.1. The van der Waals surface area contributed by atoms with Crippen molar-refractivity contribution in [2.24, 2.45) is 0 Å². The number of quaternary nitrogens is 1. The Morgan fingerprint density at radius 3 is 2.33 bits per heavy atom. The molecule has 0 saturated carbocycles. The Morgan fingerprint density at radius 2 is 1.67 bits per heavy atom. The van der Waals surface area contributed by atoms with E-state index in [0.717, 1.165) is 33.0 Å². The number of aromatic nitrogens is 1. The van der Waals surface area contributed by atoms with Crippen molar-refractivity contribution in [1.29, 1.82) is 0 Å². The Bertz CT molecular complexity index is 952. The molecule has 1 heterocycles. The highest BCUT2D eigenvalue weighted by molar-refractivity contribution is 7.22. The summed E-state index contributed by atoms with van der Waals surface area (Å²) in [6.45, 7) is 9.83. The van der Waals surface area contributed by atoms with Gasteiger partial charge in [-0.15, -0.1) is 0 Å². The number of likely N-dealkylation sites (N-methyl/N-ethyl adjacent to an activating group) is 1. The summed E-state index contributed by atoms with van der Waals surface area (Å²) >= 11 is 1.59. The lowest BCUT2D eigenvalue weighted by Crippen LogP contribution is -3.06. The fraction of sp³-hybridized carbons (Fsp3) is 0.364. The minimum absolute atomic E-state index is 0.0202. The van der Waals surface area contributed by atoms with Crippen LogP contribution in [0.5, 0.6) is 0 Å². The predicted molar refractivity (Wildman–Crippen MR) is 114 cm³/mol. The summed E-state index contributed by atoms with van der Waals surface area (Å²) in [5.41, 5.74) is 6.50. The van der Waals surface area contributed by atoms with Crippen LogP contribution in [0.1, 0.15) is 32.6 Å². The quantitative estimate of drug-likeness (QED) is 0.735. The number of aryl methyl sites for hydroxylation is 4. The number of thiazole rings is 1. The molecular formula is C22H28N3OS+. The summed E-state index contributed by atoms with van der Waals surface area (Å²) < 4.78 is 1.13. The molecule has 27 heavy (non-hydrogen) atoms. The van der Waals surface area contributed by atoms with E-state index < -0.39 is 0 Å². The van der Waals surface area contributed by atoms with Crippen LogP contribution in [0, 0.1) is 27.7 Å². The molecule has 1 N–H and O–H groups in total. The molecular weight excluding hydrogens is 354 g/mol. The molecule has 5 heteroatoms. The summed E-state index contributed by atoms with van der Waals surface area (Å²) in [5.74, 6) is 0.0202. The standard InChI is InChI=1S/C22H27N3OS/c1-14-7-8-18(11-15(14)2)21(26)25(10-9-24(5)6)22-23-19-12-16(3)17(4)13-20(19)27-22/h7-8,11-13H,9-10H2,1-6H3/p+1. The molecule has 1 amide bonds. The zero-order valence-corrected chi connectivity index (χ0v) is 17.8. The van der Waals surface area contributed by atoms with Crippen molar-refractivity contribution < 1.29 is 9.69 Å². The van der Waals surface area contributed by atoms with Crippen LogP contribution in [0.2, 0.25) is 0 Å². The largest absolute Gasteiger partial charge is 0.338 e. The summed E-state index contributed by atoms with van der Waals surface area (Å²) in [5, 5.41) is 0.777. The maximum atomic E-state index is 13.3. The fourth-order valence-corrected chi connectivity index (χ4v) is 4.00. The molecule has 0 fully saturated rings. The first kappa shape index (κ1) is 19.5. The number of nitrogens with zero attached hydrogens (tertiary/aromatic N) is 2. The molecule has 0 aliphatic rings. The van der Waals surface area contributed by atoms with Gasteiger partial charge in [0.15, 0.2) is 5.13 Å². The van der Waals surface area contributed by atoms with Crippen LogP contribution in [-0.2, 0) is 0 Å². The highest BCUT2D eigenvalue weighted by Crippen LogP contribution is 2.31. The van der Waals surface area contributed by atoms with Gasteiger partial charge in [-0.05, 0) is 74.2 Å². The average molecular weight is 383 g/mol. The highest BCUT2D eigenvalue weighted by atomic mass is 32.1. The van der Waals surface area contributed by atoms with E-state index in [-0.39, 0.29) is 5.91 Å². The lowest BCUT2D eigenvalue weighted by molar-refractivity contribution is -0.856. The topological polar surface area (TPSA) is 37.6 Å². The molecule has 0 atom stereocenters. The number of anilines is 1. The molecule has 3 rings (SSSR count). The first-order valence-electron chi connectivity index (χ1n) is 9.32. The van der Waals surface area contributed by atoms with Gasteiger partial charge in [0.25, 0.3) is 5.91 Å². The van der Waals surface area contributed by atoms with Crippen LogP contribution in [-0.4, -0.2) is 38.1 Å². The van der Waals surface area contributed by atoms with Crippen molar-refractivity contribution in [2.45, 2.75) is 27.7 Å². The first-order valence-corrected chi connectivity index (χ1v) is 10.1. The zero-order chi connectivity index (χ0) is 19.7. The minimum Gasteiger partial charge on any atom is -0.338 e. The van der Waals surface area contributed by atoms with Crippen molar-refractivity contribution in [3.8, 4) is 0 Å².